The summed E-state index contributed by atoms with van der Waals surface area (Å²) in [6.45, 7) is 2.07. The van der Waals surface area contributed by atoms with Crippen LogP contribution in [0.25, 0.3) is 5.78 Å². The highest BCUT2D eigenvalue weighted by molar-refractivity contribution is 6.31. The molecule has 5 nitrogen and oxygen atoms in total. The van der Waals surface area contributed by atoms with Crippen molar-refractivity contribution in [2.24, 2.45) is 0 Å². The molecule has 2 heterocycles. The second-order valence-electron chi connectivity index (χ2n) is 7.75. The van der Waals surface area contributed by atoms with Gasteiger partial charge in [-0.3, -0.25) is 0 Å². The molecule has 0 radical (unpaired) electrons. The average Bonchev–Trinajstić information content (AvgIpc) is 3.14. The minimum atomic E-state index is -0.440. The first-order valence-corrected chi connectivity index (χ1v) is 10.5. The zero-order chi connectivity index (χ0) is 20.7. The number of benzene rings is 2. The summed E-state index contributed by atoms with van der Waals surface area (Å²) in [5.74, 6) is 1.69. The number of halogens is 2. The molecule has 2 aromatic carbocycles. The minimum Gasteiger partial charge on any atom is -0.340 e. The zero-order valence-corrected chi connectivity index (χ0v) is 17.4. The lowest BCUT2D eigenvalue weighted by Crippen LogP contribution is -2.13. The lowest BCUT2D eigenvalue weighted by Gasteiger charge is -2.20. The van der Waals surface area contributed by atoms with E-state index in [1.807, 2.05) is 0 Å². The molecule has 0 amide bonds. The van der Waals surface area contributed by atoms with Crippen molar-refractivity contribution in [2.75, 3.05) is 5.32 Å². The molecule has 0 atom stereocenters. The van der Waals surface area contributed by atoms with E-state index in [9.17, 15) is 4.39 Å². The molecule has 0 saturated heterocycles. The van der Waals surface area contributed by atoms with E-state index >= 15 is 0 Å². The largest absolute Gasteiger partial charge is 0.340 e. The molecule has 4 aromatic rings. The van der Waals surface area contributed by atoms with Gasteiger partial charge in [0.05, 0.1) is 10.7 Å². The summed E-state index contributed by atoms with van der Waals surface area (Å²) in [6.07, 6.45) is 4.69. The molecule has 1 aliphatic carbocycles. The third-order valence-corrected chi connectivity index (χ3v) is 5.76. The summed E-state index contributed by atoms with van der Waals surface area (Å²) in [5.41, 5.74) is 5.28. The van der Waals surface area contributed by atoms with Gasteiger partial charge in [-0.05, 0) is 56.4 Å². The maximum Gasteiger partial charge on any atom is 0.254 e. The normalized spacial score (nSPS) is 13.4. The molecule has 2 aromatic heterocycles. The fraction of sp³-hybridized carbons (Fsp3) is 0.261. The molecule has 0 aliphatic heterocycles. The third kappa shape index (κ3) is 3.63. The predicted molar refractivity (Wildman–Crippen MR) is 116 cm³/mol. The first kappa shape index (κ1) is 19.0. The second kappa shape index (κ2) is 7.69. The highest BCUT2D eigenvalue weighted by atomic mass is 35.5. The van der Waals surface area contributed by atoms with Crippen molar-refractivity contribution in [2.45, 2.75) is 39.0 Å². The van der Waals surface area contributed by atoms with Gasteiger partial charge in [-0.2, -0.15) is 9.50 Å². The van der Waals surface area contributed by atoms with Crippen LogP contribution in [0.2, 0.25) is 5.02 Å². The smallest absolute Gasteiger partial charge is 0.254 e. The van der Waals surface area contributed by atoms with Gasteiger partial charge in [0.15, 0.2) is 5.82 Å². The molecule has 0 saturated carbocycles. The number of aromatic nitrogens is 4. The Hall–Kier alpha value is -2.99. The van der Waals surface area contributed by atoms with Crippen molar-refractivity contribution in [1.82, 2.24) is 19.6 Å². The maximum atomic E-state index is 13.6. The minimum absolute atomic E-state index is 0.0813. The Morgan fingerprint density at radius 3 is 2.67 bits per heavy atom. The molecular weight excluding hydrogens is 401 g/mol. The molecule has 0 spiro atoms. The number of aryl methyl sites for hydroxylation is 2. The van der Waals surface area contributed by atoms with Gasteiger partial charge < -0.3 is 5.32 Å². The Morgan fingerprint density at radius 1 is 1.07 bits per heavy atom. The Bertz CT molecular complexity index is 1230. The molecule has 1 N–H and O–H groups in total. The van der Waals surface area contributed by atoms with E-state index in [-0.39, 0.29) is 5.02 Å². The van der Waals surface area contributed by atoms with Crippen LogP contribution in [0, 0.1) is 12.7 Å². The van der Waals surface area contributed by atoms with Crippen molar-refractivity contribution < 1.29 is 4.39 Å². The summed E-state index contributed by atoms with van der Waals surface area (Å²) < 4.78 is 15.4. The van der Waals surface area contributed by atoms with Gasteiger partial charge in [-0.1, -0.05) is 41.4 Å². The molecule has 1 aliphatic rings. The Balaban J connectivity index is 1.58. The van der Waals surface area contributed by atoms with Crippen molar-refractivity contribution in [3.63, 3.8) is 0 Å². The number of fused-ring (bicyclic) bond motifs is 2. The first-order valence-electron chi connectivity index (χ1n) is 10.1. The standard InChI is InChI=1S/C23H21ClFN5/c1-14-6-8-15(9-7-14)12-21-28-23-27-20-5-3-2-4-17(20)22(30(23)29-21)26-16-10-11-19(25)18(24)13-16/h6-11,13,26H,2-5,12H2,1H3. The summed E-state index contributed by atoms with van der Waals surface area (Å²) in [6, 6.07) is 13.0. The molecular formula is C23H21ClFN5. The Labute approximate surface area is 178 Å². The topological polar surface area (TPSA) is 55.1 Å². The number of nitrogens with zero attached hydrogens (tertiary/aromatic N) is 4. The molecule has 7 heteroatoms. The molecule has 5 rings (SSSR count). The number of hydrogen-bond donors (Lipinski definition) is 1. The fourth-order valence-corrected chi connectivity index (χ4v) is 4.07. The van der Waals surface area contributed by atoms with Crippen molar-refractivity contribution >= 4 is 28.9 Å². The van der Waals surface area contributed by atoms with Crippen LogP contribution < -0.4 is 5.32 Å². The predicted octanol–water partition coefficient (Wildman–Crippen LogP) is 5.44. The van der Waals surface area contributed by atoms with Gasteiger partial charge in [0, 0.05) is 17.7 Å². The maximum absolute atomic E-state index is 13.6. The third-order valence-electron chi connectivity index (χ3n) is 5.47. The van der Waals surface area contributed by atoms with Gasteiger partial charge in [-0.25, -0.2) is 9.37 Å². The van der Waals surface area contributed by atoms with E-state index in [1.165, 1.54) is 11.6 Å². The van der Waals surface area contributed by atoms with Crippen molar-refractivity contribution in [3.8, 4) is 0 Å². The number of hydrogen-bond acceptors (Lipinski definition) is 4. The van der Waals surface area contributed by atoms with Gasteiger partial charge in [0.1, 0.15) is 11.6 Å². The van der Waals surface area contributed by atoms with E-state index in [2.05, 4.69) is 41.5 Å². The monoisotopic (exact) mass is 421 g/mol. The van der Waals surface area contributed by atoms with Crippen LogP contribution in [0.3, 0.4) is 0 Å². The summed E-state index contributed by atoms with van der Waals surface area (Å²) in [4.78, 5) is 9.48. The lowest BCUT2D eigenvalue weighted by atomic mass is 9.96. The SMILES string of the molecule is Cc1ccc(Cc2nc3nc4c(c(Nc5ccc(F)c(Cl)c5)n3n2)CCCC4)cc1. The van der Waals surface area contributed by atoms with Crippen molar-refractivity contribution in [3.05, 3.63) is 81.5 Å². The van der Waals surface area contributed by atoms with Crippen LogP contribution in [0.4, 0.5) is 15.9 Å². The Kier molecular flexibility index (Phi) is 4.87. The highest BCUT2D eigenvalue weighted by Gasteiger charge is 2.21. The quantitative estimate of drug-likeness (QED) is 0.476. The Morgan fingerprint density at radius 2 is 1.87 bits per heavy atom. The average molecular weight is 422 g/mol. The van der Waals surface area contributed by atoms with E-state index < -0.39 is 5.82 Å². The van der Waals surface area contributed by atoms with Gasteiger partial charge >= 0.3 is 0 Å². The van der Waals surface area contributed by atoms with E-state index in [1.54, 1.807) is 16.6 Å². The second-order valence-corrected chi connectivity index (χ2v) is 8.16. The fourth-order valence-electron chi connectivity index (χ4n) is 3.89. The van der Waals surface area contributed by atoms with Crippen LogP contribution in [0.1, 0.15) is 41.1 Å². The van der Waals surface area contributed by atoms with Crippen LogP contribution in [-0.4, -0.2) is 19.6 Å². The highest BCUT2D eigenvalue weighted by Crippen LogP contribution is 2.31. The molecule has 0 fully saturated rings. The van der Waals surface area contributed by atoms with Crippen LogP contribution in [0.5, 0.6) is 0 Å². The summed E-state index contributed by atoms with van der Waals surface area (Å²) >= 11 is 5.99. The number of rotatable bonds is 4. The van der Waals surface area contributed by atoms with Crippen LogP contribution in [-0.2, 0) is 19.3 Å². The van der Waals surface area contributed by atoms with E-state index in [4.69, 9.17) is 21.7 Å². The summed E-state index contributed by atoms with van der Waals surface area (Å²) in [5, 5.41) is 8.23. The first-order chi connectivity index (χ1) is 14.6. The van der Waals surface area contributed by atoms with Gasteiger partial charge in [0.25, 0.3) is 5.78 Å². The van der Waals surface area contributed by atoms with E-state index in [0.29, 0.717) is 23.7 Å². The van der Waals surface area contributed by atoms with E-state index in [0.717, 1.165) is 48.3 Å². The zero-order valence-electron chi connectivity index (χ0n) is 16.6. The molecule has 30 heavy (non-hydrogen) atoms. The van der Waals surface area contributed by atoms with Crippen LogP contribution >= 0.6 is 11.6 Å². The lowest BCUT2D eigenvalue weighted by molar-refractivity contribution is 0.628. The van der Waals surface area contributed by atoms with Crippen LogP contribution in [0.15, 0.2) is 42.5 Å². The molecule has 152 valence electrons. The van der Waals surface area contributed by atoms with Gasteiger partial charge in [0.2, 0.25) is 0 Å². The number of nitrogens with one attached hydrogen (secondary N) is 1. The molecule has 0 bridgehead atoms. The summed E-state index contributed by atoms with van der Waals surface area (Å²) in [7, 11) is 0. The van der Waals surface area contributed by atoms with Gasteiger partial charge in [-0.15, -0.1) is 5.10 Å². The molecule has 0 unspecified atom stereocenters. The number of anilines is 2. The van der Waals surface area contributed by atoms with Crippen molar-refractivity contribution in [1.29, 1.82) is 0 Å².